The minimum absolute atomic E-state index is 0.0183. The number of ether oxygens (including phenoxy) is 2. The number of cyclic esters (lactones) is 1. The number of hydrogen-bond donors (Lipinski definition) is 1. The first kappa shape index (κ1) is 17.1. The summed E-state index contributed by atoms with van der Waals surface area (Å²) < 4.78 is 10.3. The molecule has 0 saturated carbocycles. The Labute approximate surface area is 137 Å². The van der Waals surface area contributed by atoms with E-state index in [-0.39, 0.29) is 17.9 Å². The highest BCUT2D eigenvalue weighted by atomic mass is 16.5. The Kier molecular flexibility index (Phi) is 5.48. The second kappa shape index (κ2) is 7.36. The minimum Gasteiger partial charge on any atom is -0.507 e. The maximum Gasteiger partial charge on any atom is 0.342 e. The largest absolute Gasteiger partial charge is 0.507 e. The Balaban J connectivity index is 2.21. The summed E-state index contributed by atoms with van der Waals surface area (Å²) in [6, 6.07) is 1.78. The summed E-state index contributed by atoms with van der Waals surface area (Å²) >= 11 is 0. The number of methoxy groups -OCH3 is 1. The molecule has 1 aromatic rings. The summed E-state index contributed by atoms with van der Waals surface area (Å²) in [6.07, 6.45) is 6.78. The molecule has 1 heterocycles. The van der Waals surface area contributed by atoms with E-state index in [1.165, 1.54) is 11.1 Å². The zero-order chi connectivity index (χ0) is 17.0. The molecule has 0 bridgehead atoms. The van der Waals surface area contributed by atoms with Crippen LogP contribution in [0.15, 0.2) is 29.4 Å². The summed E-state index contributed by atoms with van der Waals surface area (Å²) in [7, 11) is 1.56. The lowest BCUT2D eigenvalue weighted by Gasteiger charge is -2.12. The molecule has 1 aromatic carbocycles. The number of fused-ring (bicyclic) bond motifs is 1. The van der Waals surface area contributed by atoms with Crippen LogP contribution in [0.5, 0.6) is 11.5 Å². The van der Waals surface area contributed by atoms with Gasteiger partial charge in [0, 0.05) is 11.1 Å². The smallest absolute Gasteiger partial charge is 0.342 e. The van der Waals surface area contributed by atoms with Gasteiger partial charge in [0.15, 0.2) is 0 Å². The van der Waals surface area contributed by atoms with Crippen molar-refractivity contribution >= 4 is 5.97 Å². The molecule has 0 aliphatic carbocycles. The van der Waals surface area contributed by atoms with Crippen molar-refractivity contribution in [2.24, 2.45) is 0 Å². The van der Waals surface area contributed by atoms with Crippen LogP contribution >= 0.6 is 0 Å². The molecule has 0 atom stereocenters. The van der Waals surface area contributed by atoms with Gasteiger partial charge >= 0.3 is 5.97 Å². The molecule has 0 spiro atoms. The van der Waals surface area contributed by atoms with E-state index >= 15 is 0 Å². The molecule has 23 heavy (non-hydrogen) atoms. The standard InChI is InChI=1S/C19H24O4/c1-12(2)6-5-7-13(3)8-9-15-16(22-4)10-14-11-23-19(21)17(14)18(15)20/h6,8,10,20H,5,7,9,11H2,1-4H3/b13-8+. The van der Waals surface area contributed by atoms with Gasteiger partial charge in [-0.1, -0.05) is 23.3 Å². The summed E-state index contributed by atoms with van der Waals surface area (Å²) in [6.45, 7) is 6.44. The Morgan fingerprint density at radius 3 is 2.74 bits per heavy atom. The van der Waals surface area contributed by atoms with Gasteiger partial charge in [0.1, 0.15) is 23.7 Å². The summed E-state index contributed by atoms with van der Waals surface area (Å²) in [5, 5.41) is 10.4. The van der Waals surface area contributed by atoms with Crippen LogP contribution in [0.25, 0.3) is 0 Å². The molecular weight excluding hydrogens is 292 g/mol. The molecule has 4 nitrogen and oxygen atoms in total. The highest BCUT2D eigenvalue weighted by molar-refractivity contribution is 5.97. The van der Waals surface area contributed by atoms with Crippen LogP contribution in [0, 0.1) is 0 Å². The number of hydrogen-bond acceptors (Lipinski definition) is 4. The highest BCUT2D eigenvalue weighted by Gasteiger charge is 2.29. The van der Waals surface area contributed by atoms with Crippen molar-refractivity contribution < 1.29 is 19.4 Å². The maximum absolute atomic E-state index is 11.7. The van der Waals surface area contributed by atoms with Gasteiger partial charge in [-0.25, -0.2) is 4.79 Å². The van der Waals surface area contributed by atoms with Crippen molar-refractivity contribution in [3.63, 3.8) is 0 Å². The quantitative estimate of drug-likeness (QED) is 0.628. The zero-order valence-electron chi connectivity index (χ0n) is 14.2. The molecule has 2 rings (SSSR count). The first-order valence-corrected chi connectivity index (χ1v) is 7.81. The monoisotopic (exact) mass is 316 g/mol. The number of esters is 1. The third-order valence-corrected chi connectivity index (χ3v) is 3.98. The number of allylic oxidation sites excluding steroid dienone is 4. The zero-order valence-corrected chi connectivity index (χ0v) is 14.2. The predicted molar refractivity (Wildman–Crippen MR) is 89.9 cm³/mol. The number of phenolic OH excluding ortho intramolecular Hbond substituents is 1. The molecular formula is C19H24O4. The van der Waals surface area contributed by atoms with Crippen LogP contribution < -0.4 is 4.74 Å². The van der Waals surface area contributed by atoms with E-state index in [0.29, 0.717) is 23.3 Å². The fraction of sp³-hybridized carbons (Fsp3) is 0.421. The van der Waals surface area contributed by atoms with Crippen LogP contribution in [-0.4, -0.2) is 18.2 Å². The van der Waals surface area contributed by atoms with E-state index < -0.39 is 5.97 Å². The lowest BCUT2D eigenvalue weighted by atomic mass is 9.99. The van der Waals surface area contributed by atoms with Crippen molar-refractivity contribution in [2.75, 3.05) is 7.11 Å². The van der Waals surface area contributed by atoms with Crippen LogP contribution in [0.2, 0.25) is 0 Å². The fourth-order valence-electron chi connectivity index (χ4n) is 2.64. The molecule has 1 aliphatic heterocycles. The average molecular weight is 316 g/mol. The lowest BCUT2D eigenvalue weighted by molar-refractivity contribution is 0.0533. The molecule has 4 heteroatoms. The topological polar surface area (TPSA) is 55.8 Å². The van der Waals surface area contributed by atoms with E-state index in [2.05, 4.69) is 32.9 Å². The lowest BCUT2D eigenvalue weighted by Crippen LogP contribution is -2.00. The number of benzene rings is 1. The van der Waals surface area contributed by atoms with E-state index in [9.17, 15) is 9.90 Å². The van der Waals surface area contributed by atoms with E-state index in [1.807, 2.05) is 0 Å². The summed E-state index contributed by atoms with van der Waals surface area (Å²) in [5.41, 5.74) is 4.14. The first-order chi connectivity index (χ1) is 10.9. The molecule has 0 fully saturated rings. The third kappa shape index (κ3) is 3.95. The predicted octanol–water partition coefficient (Wildman–Crippen LogP) is 4.31. The number of carbonyl (C=O) groups is 1. The number of rotatable bonds is 6. The number of carbonyl (C=O) groups excluding carboxylic acids is 1. The van der Waals surface area contributed by atoms with Gasteiger partial charge in [0.2, 0.25) is 0 Å². The van der Waals surface area contributed by atoms with Crippen molar-refractivity contribution in [3.05, 3.63) is 46.1 Å². The molecule has 124 valence electrons. The molecule has 1 N–H and O–H groups in total. The summed E-state index contributed by atoms with van der Waals surface area (Å²) in [5.74, 6) is 0.105. The van der Waals surface area contributed by atoms with Crippen LogP contribution in [0.4, 0.5) is 0 Å². The molecule has 0 saturated heterocycles. The SMILES string of the molecule is COc1cc2c(c(O)c1C/C=C(\C)CCC=C(C)C)C(=O)OC2. The Morgan fingerprint density at radius 1 is 1.35 bits per heavy atom. The van der Waals surface area contributed by atoms with Crippen molar-refractivity contribution in [1.82, 2.24) is 0 Å². The number of aromatic hydroxyl groups is 1. The van der Waals surface area contributed by atoms with Gasteiger partial charge in [-0.05, 0) is 46.1 Å². The fourth-order valence-corrected chi connectivity index (χ4v) is 2.64. The van der Waals surface area contributed by atoms with Gasteiger partial charge in [0.05, 0.1) is 7.11 Å². The molecule has 1 aliphatic rings. The van der Waals surface area contributed by atoms with E-state index in [4.69, 9.17) is 9.47 Å². The van der Waals surface area contributed by atoms with Gasteiger partial charge in [-0.15, -0.1) is 0 Å². The van der Waals surface area contributed by atoms with Gasteiger partial charge < -0.3 is 14.6 Å². The highest BCUT2D eigenvalue weighted by Crippen LogP contribution is 2.38. The minimum atomic E-state index is -0.467. The second-order valence-corrected chi connectivity index (χ2v) is 6.09. The van der Waals surface area contributed by atoms with Gasteiger partial charge in [0.25, 0.3) is 0 Å². The average Bonchev–Trinajstić information content (AvgIpc) is 2.87. The maximum atomic E-state index is 11.7. The molecule has 0 amide bonds. The molecule has 0 unspecified atom stereocenters. The molecule has 0 radical (unpaired) electrons. The van der Waals surface area contributed by atoms with E-state index in [1.54, 1.807) is 13.2 Å². The first-order valence-electron chi connectivity index (χ1n) is 7.81. The Hall–Kier alpha value is -2.23. The molecule has 0 aromatic heterocycles. The Morgan fingerprint density at radius 2 is 2.09 bits per heavy atom. The van der Waals surface area contributed by atoms with Gasteiger partial charge in [-0.3, -0.25) is 0 Å². The summed E-state index contributed by atoms with van der Waals surface area (Å²) in [4.78, 5) is 11.7. The normalized spacial score (nSPS) is 13.6. The Bertz CT molecular complexity index is 664. The van der Waals surface area contributed by atoms with Crippen LogP contribution in [0.3, 0.4) is 0 Å². The van der Waals surface area contributed by atoms with Crippen LogP contribution in [-0.2, 0) is 17.8 Å². The third-order valence-electron chi connectivity index (χ3n) is 3.98. The van der Waals surface area contributed by atoms with Crippen molar-refractivity contribution in [2.45, 2.75) is 46.6 Å². The van der Waals surface area contributed by atoms with Crippen molar-refractivity contribution in [1.29, 1.82) is 0 Å². The van der Waals surface area contributed by atoms with Crippen LogP contribution in [0.1, 0.15) is 55.1 Å². The van der Waals surface area contributed by atoms with Crippen molar-refractivity contribution in [3.8, 4) is 11.5 Å². The van der Waals surface area contributed by atoms with Gasteiger partial charge in [-0.2, -0.15) is 0 Å². The van der Waals surface area contributed by atoms with E-state index in [0.717, 1.165) is 12.8 Å². The second-order valence-electron chi connectivity index (χ2n) is 6.09. The number of phenols is 1.